The van der Waals surface area contributed by atoms with E-state index < -0.39 is 22.1 Å². The highest BCUT2D eigenvalue weighted by molar-refractivity contribution is 6.01. The van der Waals surface area contributed by atoms with Crippen LogP contribution in [0.5, 0.6) is 11.5 Å². The number of hydrogen-bond donors (Lipinski definition) is 1. The molecule has 1 saturated carbocycles. The molecule has 216 valence electrons. The predicted octanol–water partition coefficient (Wildman–Crippen LogP) is 5.00. The van der Waals surface area contributed by atoms with E-state index in [4.69, 9.17) is 14.2 Å². The second-order valence-corrected chi connectivity index (χ2v) is 10.4. The number of nitro groups is 1. The smallest absolute Gasteiger partial charge is 0.343 e. The van der Waals surface area contributed by atoms with E-state index >= 15 is 4.39 Å². The third kappa shape index (κ3) is 5.59. The zero-order valence-corrected chi connectivity index (χ0v) is 22.7. The molecule has 2 aromatic carbocycles. The van der Waals surface area contributed by atoms with Crippen LogP contribution < -0.4 is 20.2 Å². The zero-order valence-electron chi connectivity index (χ0n) is 22.7. The van der Waals surface area contributed by atoms with Crippen molar-refractivity contribution in [3.8, 4) is 11.5 Å². The summed E-state index contributed by atoms with van der Waals surface area (Å²) in [6, 6.07) is 6.67. The van der Waals surface area contributed by atoms with Crippen LogP contribution in [0, 0.1) is 27.8 Å². The summed E-state index contributed by atoms with van der Waals surface area (Å²) in [5.41, 5.74) is -0.685. The van der Waals surface area contributed by atoms with Crippen LogP contribution in [0.4, 0.5) is 15.8 Å². The van der Waals surface area contributed by atoms with Crippen LogP contribution in [-0.4, -0.2) is 41.2 Å². The number of carbonyl (C=O) groups excluding carboxylic acids is 2. The van der Waals surface area contributed by atoms with Gasteiger partial charge in [0.2, 0.25) is 11.3 Å². The van der Waals surface area contributed by atoms with Crippen molar-refractivity contribution in [2.24, 2.45) is 11.8 Å². The van der Waals surface area contributed by atoms with E-state index in [2.05, 4.69) is 5.32 Å². The number of aromatic nitrogens is 1. The SMILES string of the molecule is CCOC(=O)c1cn2c3c(c(NC(=O)C4CCC(COc5ccc([N+](=O)[O-])cc5)CC4)c(F)cc3c1=O)OC[C@@H]2C. The van der Waals surface area contributed by atoms with E-state index in [1.165, 1.54) is 18.3 Å². The molecule has 41 heavy (non-hydrogen) atoms. The molecule has 0 saturated heterocycles. The first kappa shape index (κ1) is 28.1. The molecule has 1 amide bonds. The molecule has 1 fully saturated rings. The molecule has 1 N–H and O–H groups in total. The van der Waals surface area contributed by atoms with Crippen LogP contribution in [0.15, 0.2) is 41.3 Å². The van der Waals surface area contributed by atoms with Gasteiger partial charge in [-0.05, 0) is 63.6 Å². The van der Waals surface area contributed by atoms with Gasteiger partial charge in [-0.15, -0.1) is 0 Å². The molecule has 5 rings (SSSR count). The van der Waals surface area contributed by atoms with E-state index in [9.17, 15) is 24.5 Å². The van der Waals surface area contributed by atoms with Crippen LogP contribution in [0.2, 0.25) is 0 Å². The Labute approximate surface area is 234 Å². The maximum Gasteiger partial charge on any atom is 0.343 e. The topological polar surface area (TPSA) is 139 Å². The maximum absolute atomic E-state index is 15.4. The number of hydrogen-bond acceptors (Lipinski definition) is 8. The van der Waals surface area contributed by atoms with Gasteiger partial charge in [0.15, 0.2) is 11.6 Å². The summed E-state index contributed by atoms with van der Waals surface area (Å²) in [4.78, 5) is 49.0. The number of rotatable bonds is 8. The van der Waals surface area contributed by atoms with Crippen molar-refractivity contribution in [1.29, 1.82) is 0 Å². The number of carbonyl (C=O) groups is 2. The van der Waals surface area contributed by atoms with Crippen molar-refractivity contribution < 1.29 is 33.1 Å². The number of pyridine rings is 1. The van der Waals surface area contributed by atoms with E-state index in [0.29, 0.717) is 30.7 Å². The van der Waals surface area contributed by atoms with Crippen molar-refractivity contribution in [3.05, 3.63) is 68.2 Å². The fourth-order valence-corrected chi connectivity index (χ4v) is 5.39. The average molecular weight is 568 g/mol. The largest absolute Gasteiger partial charge is 0.493 e. The van der Waals surface area contributed by atoms with Gasteiger partial charge in [0, 0.05) is 24.2 Å². The van der Waals surface area contributed by atoms with Crippen LogP contribution >= 0.6 is 0 Å². The third-order valence-corrected chi connectivity index (χ3v) is 7.66. The number of amides is 1. The minimum atomic E-state index is -0.828. The summed E-state index contributed by atoms with van der Waals surface area (Å²) in [5, 5.41) is 13.5. The number of halogens is 1. The van der Waals surface area contributed by atoms with Crippen molar-refractivity contribution >= 4 is 34.2 Å². The molecule has 2 aliphatic rings. The van der Waals surface area contributed by atoms with Crippen molar-refractivity contribution in [1.82, 2.24) is 4.57 Å². The molecule has 0 bridgehead atoms. The van der Waals surface area contributed by atoms with E-state index in [1.807, 2.05) is 6.92 Å². The Morgan fingerprint density at radius 2 is 1.90 bits per heavy atom. The average Bonchev–Trinajstić information content (AvgIpc) is 2.96. The minimum Gasteiger partial charge on any atom is -0.493 e. The number of benzene rings is 2. The number of esters is 1. The van der Waals surface area contributed by atoms with Crippen LogP contribution in [0.3, 0.4) is 0 Å². The van der Waals surface area contributed by atoms with Crippen LogP contribution in [0.25, 0.3) is 10.9 Å². The lowest BCUT2D eigenvalue weighted by Crippen LogP contribution is -2.31. The summed E-state index contributed by atoms with van der Waals surface area (Å²) >= 11 is 0. The van der Waals surface area contributed by atoms with Gasteiger partial charge in [-0.1, -0.05) is 0 Å². The quantitative estimate of drug-likeness (QED) is 0.228. The number of non-ortho nitro benzene ring substituents is 1. The normalized spacial score (nSPS) is 19.7. The number of nitrogens with one attached hydrogen (secondary N) is 1. The Kier molecular flexibility index (Phi) is 7.91. The van der Waals surface area contributed by atoms with Gasteiger partial charge < -0.3 is 24.1 Å². The predicted molar refractivity (Wildman–Crippen MR) is 147 cm³/mol. The van der Waals surface area contributed by atoms with Crippen molar-refractivity contribution in [2.75, 3.05) is 25.1 Å². The molecule has 1 aliphatic heterocycles. The van der Waals surface area contributed by atoms with E-state index in [0.717, 1.165) is 18.9 Å². The fourth-order valence-electron chi connectivity index (χ4n) is 5.39. The molecule has 12 heteroatoms. The van der Waals surface area contributed by atoms with Crippen LogP contribution in [-0.2, 0) is 9.53 Å². The number of anilines is 1. The van der Waals surface area contributed by atoms with Gasteiger partial charge in [0.25, 0.3) is 5.69 Å². The summed E-state index contributed by atoms with van der Waals surface area (Å²) in [5.74, 6) is -1.49. The number of ether oxygens (including phenoxy) is 3. The van der Waals surface area contributed by atoms with E-state index in [1.54, 1.807) is 23.6 Å². The molecule has 0 radical (unpaired) electrons. The second kappa shape index (κ2) is 11.6. The van der Waals surface area contributed by atoms with E-state index in [-0.39, 0.29) is 65.1 Å². The van der Waals surface area contributed by atoms with Gasteiger partial charge in [-0.3, -0.25) is 19.7 Å². The van der Waals surface area contributed by atoms with Gasteiger partial charge >= 0.3 is 5.97 Å². The molecular formula is C29H30FN3O8. The first-order valence-corrected chi connectivity index (χ1v) is 13.6. The Morgan fingerprint density at radius 1 is 1.20 bits per heavy atom. The summed E-state index contributed by atoms with van der Waals surface area (Å²) in [6.45, 7) is 4.14. The summed E-state index contributed by atoms with van der Waals surface area (Å²) in [6.07, 6.45) is 4.01. The Morgan fingerprint density at radius 3 is 2.56 bits per heavy atom. The number of nitrogens with zero attached hydrogens (tertiary/aromatic N) is 2. The van der Waals surface area contributed by atoms with Crippen molar-refractivity contribution in [2.45, 2.75) is 45.6 Å². The van der Waals surface area contributed by atoms with Crippen LogP contribution in [0.1, 0.15) is 55.9 Å². The molecular weight excluding hydrogens is 537 g/mol. The highest BCUT2D eigenvalue weighted by Crippen LogP contribution is 2.41. The third-order valence-electron chi connectivity index (χ3n) is 7.66. The molecule has 0 spiro atoms. The zero-order chi connectivity index (χ0) is 29.3. The Bertz CT molecular complexity index is 1560. The summed E-state index contributed by atoms with van der Waals surface area (Å²) in [7, 11) is 0. The Hall–Kier alpha value is -4.48. The van der Waals surface area contributed by atoms with Gasteiger partial charge in [0.05, 0.1) is 35.1 Å². The molecule has 11 nitrogen and oxygen atoms in total. The number of nitro benzene ring substituents is 1. The Balaban J connectivity index is 1.29. The van der Waals surface area contributed by atoms with Gasteiger partial charge in [-0.25, -0.2) is 9.18 Å². The standard InChI is InChI=1S/C29H30FN3O8/c1-3-39-29(36)22-13-32-16(2)14-41-27-24(23(30)12-21(25(27)32)26(22)34)31-28(35)18-6-4-17(5-7-18)15-40-20-10-8-19(9-11-20)33(37)38/h8-13,16-18H,3-7,14-15H2,1-2H3,(H,31,35)/t16-,17?,18?/m0/s1. The molecule has 2 heterocycles. The first-order valence-electron chi connectivity index (χ1n) is 13.6. The van der Waals surface area contributed by atoms with Gasteiger partial charge in [0.1, 0.15) is 23.6 Å². The molecule has 3 aromatic rings. The molecule has 1 aliphatic carbocycles. The minimum absolute atomic E-state index is 0.00881. The first-order chi connectivity index (χ1) is 19.7. The molecule has 1 atom stereocenters. The summed E-state index contributed by atoms with van der Waals surface area (Å²) < 4.78 is 33.7. The lowest BCUT2D eigenvalue weighted by atomic mass is 9.82. The van der Waals surface area contributed by atoms with Crippen molar-refractivity contribution in [3.63, 3.8) is 0 Å². The monoisotopic (exact) mass is 567 g/mol. The lowest BCUT2D eigenvalue weighted by molar-refractivity contribution is -0.384. The molecule has 0 unspecified atom stereocenters. The highest BCUT2D eigenvalue weighted by atomic mass is 19.1. The lowest BCUT2D eigenvalue weighted by Gasteiger charge is -2.30. The highest BCUT2D eigenvalue weighted by Gasteiger charge is 2.32. The second-order valence-electron chi connectivity index (χ2n) is 10.4. The molecule has 1 aromatic heterocycles. The van der Waals surface area contributed by atoms with Gasteiger partial charge in [-0.2, -0.15) is 0 Å². The fraction of sp³-hybridized carbons (Fsp3) is 0.414. The maximum atomic E-state index is 15.4.